The maximum absolute atomic E-state index is 12.5. The van der Waals surface area contributed by atoms with Crippen LogP contribution in [0.5, 0.6) is 0 Å². The lowest BCUT2D eigenvalue weighted by Crippen LogP contribution is -2.46. The van der Waals surface area contributed by atoms with Crippen LogP contribution in [0.3, 0.4) is 0 Å². The average molecular weight is 361 g/mol. The van der Waals surface area contributed by atoms with Gasteiger partial charge < -0.3 is 10.2 Å². The fourth-order valence-electron chi connectivity index (χ4n) is 3.43. The Kier molecular flexibility index (Phi) is 5.97. The van der Waals surface area contributed by atoms with Crippen molar-refractivity contribution >= 4 is 17.6 Å². The van der Waals surface area contributed by atoms with E-state index in [4.69, 9.17) is 11.6 Å². The summed E-state index contributed by atoms with van der Waals surface area (Å²) < 4.78 is 1.79. The summed E-state index contributed by atoms with van der Waals surface area (Å²) >= 11 is 5.91. The van der Waals surface area contributed by atoms with E-state index in [1.807, 2.05) is 42.3 Å². The number of hydrogen-bond acceptors (Lipinski definition) is 2. The van der Waals surface area contributed by atoms with Gasteiger partial charge in [0.25, 0.3) is 0 Å². The summed E-state index contributed by atoms with van der Waals surface area (Å²) in [6.45, 7) is 3.28. The summed E-state index contributed by atoms with van der Waals surface area (Å²) in [5.74, 6) is 0. The molecule has 134 valence electrons. The van der Waals surface area contributed by atoms with Crippen LogP contribution in [0.15, 0.2) is 36.7 Å². The zero-order valence-corrected chi connectivity index (χ0v) is 15.4. The van der Waals surface area contributed by atoms with E-state index >= 15 is 0 Å². The molecule has 0 aliphatic heterocycles. The molecule has 1 N–H and O–H groups in total. The number of hydrogen-bond donors (Lipinski definition) is 1. The summed E-state index contributed by atoms with van der Waals surface area (Å²) in [6, 6.07) is 7.91. The van der Waals surface area contributed by atoms with Crippen LogP contribution in [-0.2, 0) is 6.54 Å². The first-order chi connectivity index (χ1) is 12.2. The Morgan fingerprint density at radius 1 is 1.28 bits per heavy atom. The highest BCUT2D eigenvalue weighted by molar-refractivity contribution is 6.30. The highest BCUT2D eigenvalue weighted by atomic mass is 35.5. The van der Waals surface area contributed by atoms with Crippen molar-refractivity contribution in [1.82, 2.24) is 20.0 Å². The smallest absolute Gasteiger partial charge is 0.317 e. The molecular weight excluding hydrogens is 336 g/mol. The van der Waals surface area contributed by atoms with Gasteiger partial charge in [-0.1, -0.05) is 30.9 Å². The van der Waals surface area contributed by atoms with E-state index in [9.17, 15) is 4.79 Å². The van der Waals surface area contributed by atoms with Crippen molar-refractivity contribution in [3.63, 3.8) is 0 Å². The van der Waals surface area contributed by atoms with Gasteiger partial charge in [0.2, 0.25) is 0 Å². The van der Waals surface area contributed by atoms with Gasteiger partial charge in [-0.3, -0.25) is 0 Å². The molecule has 1 aromatic heterocycles. The van der Waals surface area contributed by atoms with Crippen LogP contribution in [0.2, 0.25) is 5.02 Å². The summed E-state index contributed by atoms with van der Waals surface area (Å²) in [5.41, 5.74) is 1.92. The fourth-order valence-corrected chi connectivity index (χ4v) is 3.55. The van der Waals surface area contributed by atoms with E-state index in [1.54, 1.807) is 10.9 Å². The SMILES string of the molecule is CCN(C(=O)NCc1cnn(-c2ccc(Cl)cc2)c1)C1CCCCC1. The molecule has 1 aromatic carbocycles. The summed E-state index contributed by atoms with van der Waals surface area (Å²) in [7, 11) is 0. The molecule has 25 heavy (non-hydrogen) atoms. The molecule has 2 amide bonds. The minimum Gasteiger partial charge on any atom is -0.334 e. The van der Waals surface area contributed by atoms with E-state index in [-0.39, 0.29) is 6.03 Å². The molecule has 0 atom stereocenters. The van der Waals surface area contributed by atoms with Crippen molar-refractivity contribution in [1.29, 1.82) is 0 Å². The van der Waals surface area contributed by atoms with Crippen LogP contribution < -0.4 is 5.32 Å². The second kappa shape index (κ2) is 8.39. The summed E-state index contributed by atoms with van der Waals surface area (Å²) in [6.07, 6.45) is 9.70. The first-order valence-electron chi connectivity index (χ1n) is 9.01. The molecule has 3 rings (SSSR count). The molecule has 1 fully saturated rings. The third kappa shape index (κ3) is 4.54. The number of amides is 2. The molecule has 1 aliphatic rings. The number of aromatic nitrogens is 2. The Labute approximate surface area is 154 Å². The lowest BCUT2D eigenvalue weighted by Gasteiger charge is -2.33. The molecule has 0 radical (unpaired) electrons. The van der Waals surface area contributed by atoms with Gasteiger partial charge in [-0.25, -0.2) is 9.48 Å². The molecule has 0 saturated heterocycles. The Morgan fingerprint density at radius 3 is 2.68 bits per heavy atom. The normalized spacial score (nSPS) is 15.1. The van der Waals surface area contributed by atoms with Gasteiger partial charge >= 0.3 is 6.03 Å². The van der Waals surface area contributed by atoms with E-state index in [2.05, 4.69) is 10.4 Å². The van der Waals surface area contributed by atoms with Crippen LogP contribution in [0.25, 0.3) is 5.69 Å². The van der Waals surface area contributed by atoms with E-state index in [1.165, 1.54) is 19.3 Å². The second-order valence-electron chi connectivity index (χ2n) is 6.51. The molecule has 1 heterocycles. The third-order valence-corrected chi connectivity index (χ3v) is 5.04. The monoisotopic (exact) mass is 360 g/mol. The van der Waals surface area contributed by atoms with Crippen LogP contribution in [0.1, 0.15) is 44.6 Å². The Balaban J connectivity index is 1.57. The molecular formula is C19H25ClN4O. The molecule has 0 spiro atoms. The Morgan fingerprint density at radius 2 is 2.00 bits per heavy atom. The van der Waals surface area contributed by atoms with Gasteiger partial charge in [0.15, 0.2) is 0 Å². The van der Waals surface area contributed by atoms with E-state index in [0.717, 1.165) is 30.6 Å². The Bertz CT molecular complexity index is 692. The standard InChI is InChI=1S/C19H25ClN4O/c1-2-23(17-6-4-3-5-7-17)19(25)21-12-15-13-22-24(14-15)18-10-8-16(20)9-11-18/h8-11,13-14,17H,2-7,12H2,1H3,(H,21,25). The van der Waals surface area contributed by atoms with Crippen molar-refractivity contribution < 1.29 is 4.79 Å². The number of nitrogens with one attached hydrogen (secondary N) is 1. The van der Waals surface area contributed by atoms with Crippen LogP contribution in [-0.4, -0.2) is 33.3 Å². The number of rotatable bonds is 5. The molecule has 2 aromatic rings. The maximum Gasteiger partial charge on any atom is 0.317 e. The quantitative estimate of drug-likeness (QED) is 0.859. The van der Waals surface area contributed by atoms with Crippen molar-refractivity contribution in [3.8, 4) is 5.69 Å². The highest BCUT2D eigenvalue weighted by Gasteiger charge is 2.23. The lowest BCUT2D eigenvalue weighted by molar-refractivity contribution is 0.159. The summed E-state index contributed by atoms with van der Waals surface area (Å²) in [5, 5.41) is 8.09. The Hall–Kier alpha value is -2.01. The number of carbonyl (C=O) groups is 1. The predicted molar refractivity (Wildman–Crippen MR) is 100 cm³/mol. The fraction of sp³-hybridized carbons (Fsp3) is 0.474. The van der Waals surface area contributed by atoms with Gasteiger partial charge in [0, 0.05) is 35.9 Å². The highest BCUT2D eigenvalue weighted by Crippen LogP contribution is 2.22. The third-order valence-electron chi connectivity index (χ3n) is 4.79. The van der Waals surface area contributed by atoms with Crippen LogP contribution >= 0.6 is 11.6 Å². The van der Waals surface area contributed by atoms with Crippen molar-refractivity contribution in [2.45, 2.75) is 51.6 Å². The first kappa shape index (κ1) is 17.8. The number of carbonyl (C=O) groups excluding carboxylic acids is 1. The van der Waals surface area contributed by atoms with Crippen LogP contribution in [0, 0.1) is 0 Å². The molecule has 0 unspecified atom stereocenters. The van der Waals surface area contributed by atoms with Gasteiger partial charge in [-0.05, 0) is 44.0 Å². The number of nitrogens with zero attached hydrogens (tertiary/aromatic N) is 3. The zero-order valence-electron chi connectivity index (χ0n) is 14.6. The molecule has 0 bridgehead atoms. The first-order valence-corrected chi connectivity index (χ1v) is 9.39. The second-order valence-corrected chi connectivity index (χ2v) is 6.94. The van der Waals surface area contributed by atoms with E-state index in [0.29, 0.717) is 17.6 Å². The molecule has 1 saturated carbocycles. The van der Waals surface area contributed by atoms with Gasteiger partial charge in [0.05, 0.1) is 11.9 Å². The number of halogens is 1. The average Bonchev–Trinajstić information content (AvgIpc) is 3.11. The van der Waals surface area contributed by atoms with Crippen molar-refractivity contribution in [2.24, 2.45) is 0 Å². The summed E-state index contributed by atoms with van der Waals surface area (Å²) in [4.78, 5) is 14.5. The zero-order chi connectivity index (χ0) is 17.6. The predicted octanol–water partition coefficient (Wildman–Crippen LogP) is 4.39. The lowest BCUT2D eigenvalue weighted by atomic mass is 9.94. The number of benzene rings is 1. The number of urea groups is 1. The van der Waals surface area contributed by atoms with Crippen LogP contribution in [0.4, 0.5) is 4.79 Å². The van der Waals surface area contributed by atoms with Gasteiger partial charge in [-0.15, -0.1) is 0 Å². The largest absolute Gasteiger partial charge is 0.334 e. The topological polar surface area (TPSA) is 50.2 Å². The van der Waals surface area contributed by atoms with Gasteiger partial charge in [0.1, 0.15) is 0 Å². The molecule has 5 nitrogen and oxygen atoms in total. The molecule has 1 aliphatic carbocycles. The van der Waals surface area contributed by atoms with E-state index < -0.39 is 0 Å². The van der Waals surface area contributed by atoms with Crippen molar-refractivity contribution in [3.05, 3.63) is 47.2 Å². The molecule has 6 heteroatoms. The van der Waals surface area contributed by atoms with Gasteiger partial charge in [-0.2, -0.15) is 5.10 Å². The minimum atomic E-state index is 0.0219. The minimum absolute atomic E-state index is 0.0219. The maximum atomic E-state index is 12.5. The van der Waals surface area contributed by atoms with Crippen molar-refractivity contribution in [2.75, 3.05) is 6.54 Å².